The molecule has 1 unspecified atom stereocenters. The van der Waals surface area contributed by atoms with Gasteiger partial charge in [0.1, 0.15) is 5.82 Å². The van der Waals surface area contributed by atoms with Gasteiger partial charge in [-0.2, -0.15) is 4.98 Å². The molecule has 96 valence electrons. The maximum Gasteiger partial charge on any atom is 0.228 e. The molecular formula is C13H16N2O3. The number of hydrogen-bond acceptors (Lipinski definition) is 4. The Morgan fingerprint density at radius 1 is 1.50 bits per heavy atom. The fourth-order valence-corrected chi connectivity index (χ4v) is 2.24. The van der Waals surface area contributed by atoms with E-state index in [1.54, 1.807) is 12.0 Å². The first-order valence-corrected chi connectivity index (χ1v) is 6.24. The molecule has 1 atom stereocenters. The van der Waals surface area contributed by atoms with E-state index < -0.39 is 0 Å². The summed E-state index contributed by atoms with van der Waals surface area (Å²) in [5, 5.41) is 0. The van der Waals surface area contributed by atoms with Crippen molar-refractivity contribution in [3.63, 3.8) is 0 Å². The van der Waals surface area contributed by atoms with Gasteiger partial charge in [0, 0.05) is 19.0 Å². The normalized spacial score (nSPS) is 21.7. The number of carbonyl (C=O) groups is 1. The smallest absolute Gasteiger partial charge is 0.228 e. The largest absolute Gasteiger partial charge is 0.481 e. The second kappa shape index (κ2) is 4.57. The molecule has 0 aliphatic carbocycles. The highest BCUT2D eigenvalue weighted by molar-refractivity contribution is 5.95. The number of anilines is 1. The van der Waals surface area contributed by atoms with Gasteiger partial charge >= 0.3 is 0 Å². The summed E-state index contributed by atoms with van der Waals surface area (Å²) >= 11 is 0. The number of rotatable bonds is 4. The summed E-state index contributed by atoms with van der Waals surface area (Å²) in [6.07, 6.45) is 2.53. The first kappa shape index (κ1) is 11.5. The van der Waals surface area contributed by atoms with Crippen molar-refractivity contribution >= 4 is 11.7 Å². The van der Waals surface area contributed by atoms with Crippen LogP contribution < -0.4 is 9.64 Å². The van der Waals surface area contributed by atoms with Crippen molar-refractivity contribution in [2.75, 3.05) is 25.2 Å². The molecule has 3 rings (SSSR count). The van der Waals surface area contributed by atoms with E-state index in [0.29, 0.717) is 24.9 Å². The summed E-state index contributed by atoms with van der Waals surface area (Å²) < 4.78 is 10.3. The number of methoxy groups -OCH3 is 1. The molecule has 2 aliphatic heterocycles. The van der Waals surface area contributed by atoms with Crippen molar-refractivity contribution in [2.24, 2.45) is 0 Å². The van der Waals surface area contributed by atoms with Crippen LogP contribution >= 0.6 is 0 Å². The van der Waals surface area contributed by atoms with E-state index in [4.69, 9.17) is 9.47 Å². The van der Waals surface area contributed by atoms with Crippen LogP contribution in [0.1, 0.15) is 18.4 Å². The second-order valence-corrected chi connectivity index (χ2v) is 4.63. The van der Waals surface area contributed by atoms with E-state index >= 15 is 0 Å². The third-order valence-electron chi connectivity index (χ3n) is 3.38. The van der Waals surface area contributed by atoms with Gasteiger partial charge < -0.3 is 9.47 Å². The van der Waals surface area contributed by atoms with E-state index in [-0.39, 0.29) is 5.91 Å². The predicted molar refractivity (Wildman–Crippen MR) is 65.8 cm³/mol. The van der Waals surface area contributed by atoms with Gasteiger partial charge in [0.15, 0.2) is 0 Å². The number of nitrogens with zero attached hydrogens (tertiary/aromatic N) is 2. The van der Waals surface area contributed by atoms with Crippen molar-refractivity contribution in [1.29, 1.82) is 0 Å². The Kier molecular flexibility index (Phi) is 2.91. The molecule has 18 heavy (non-hydrogen) atoms. The zero-order valence-electron chi connectivity index (χ0n) is 10.4. The van der Waals surface area contributed by atoms with Gasteiger partial charge in [0.25, 0.3) is 0 Å². The summed E-state index contributed by atoms with van der Waals surface area (Å²) in [5.41, 5.74) is 1.12. The van der Waals surface area contributed by atoms with E-state index in [9.17, 15) is 4.79 Å². The van der Waals surface area contributed by atoms with Crippen LogP contribution in [-0.2, 0) is 16.0 Å². The van der Waals surface area contributed by atoms with Crippen LogP contribution in [0.3, 0.4) is 0 Å². The Morgan fingerprint density at radius 3 is 3.06 bits per heavy atom. The lowest BCUT2D eigenvalue weighted by atomic mass is 10.0. The van der Waals surface area contributed by atoms with Gasteiger partial charge in [-0.25, -0.2) is 0 Å². The highest BCUT2D eigenvalue weighted by Crippen LogP contribution is 2.29. The molecule has 1 fully saturated rings. The topological polar surface area (TPSA) is 55.0 Å². The number of ether oxygens (including phenoxy) is 2. The average Bonchev–Trinajstić information content (AvgIpc) is 3.21. The van der Waals surface area contributed by atoms with Crippen molar-refractivity contribution < 1.29 is 14.3 Å². The van der Waals surface area contributed by atoms with Gasteiger partial charge in [-0.3, -0.25) is 9.69 Å². The van der Waals surface area contributed by atoms with Gasteiger partial charge in [-0.05, 0) is 24.5 Å². The Balaban J connectivity index is 1.85. The summed E-state index contributed by atoms with van der Waals surface area (Å²) in [6, 6.07) is 3.84. The Morgan fingerprint density at radius 2 is 2.33 bits per heavy atom. The molecule has 0 spiro atoms. The Bertz CT molecular complexity index is 471. The highest BCUT2D eigenvalue weighted by Gasteiger charge is 2.29. The molecule has 0 N–H and O–H groups in total. The number of epoxide rings is 1. The molecule has 3 heterocycles. The number of hydrogen-bond donors (Lipinski definition) is 0. The number of aromatic nitrogens is 1. The summed E-state index contributed by atoms with van der Waals surface area (Å²) in [6.45, 7) is 1.50. The van der Waals surface area contributed by atoms with Crippen LogP contribution in [0.2, 0.25) is 0 Å². The van der Waals surface area contributed by atoms with Crippen LogP contribution in [-0.4, -0.2) is 37.3 Å². The lowest BCUT2D eigenvalue weighted by molar-refractivity contribution is -0.119. The Hall–Kier alpha value is -1.62. The minimum Gasteiger partial charge on any atom is -0.481 e. The van der Waals surface area contributed by atoms with Gasteiger partial charge in [0.05, 0.1) is 19.8 Å². The molecule has 5 heteroatoms. The maximum atomic E-state index is 12.0. The van der Waals surface area contributed by atoms with E-state index in [1.165, 1.54) is 0 Å². The third-order valence-corrected chi connectivity index (χ3v) is 3.38. The van der Waals surface area contributed by atoms with Crippen molar-refractivity contribution in [3.05, 3.63) is 17.7 Å². The number of fused-ring (bicyclic) bond motifs is 1. The highest BCUT2D eigenvalue weighted by atomic mass is 16.6. The fourth-order valence-electron chi connectivity index (χ4n) is 2.24. The van der Waals surface area contributed by atoms with E-state index in [2.05, 4.69) is 4.98 Å². The summed E-state index contributed by atoms with van der Waals surface area (Å²) in [4.78, 5) is 18.2. The lowest BCUT2D eigenvalue weighted by Gasteiger charge is -2.28. The number of pyridine rings is 1. The zero-order valence-corrected chi connectivity index (χ0v) is 10.4. The number of aryl methyl sites for hydroxylation is 1. The van der Waals surface area contributed by atoms with Crippen molar-refractivity contribution in [3.8, 4) is 5.88 Å². The second-order valence-electron chi connectivity index (χ2n) is 4.63. The molecule has 1 saturated heterocycles. The standard InChI is InChI=1S/C13H16N2O3/c1-17-11-4-2-9-3-5-12(16)15(13(9)14-11)7-6-10-8-18-10/h2,4,10H,3,5-8H2,1H3. The first-order valence-electron chi connectivity index (χ1n) is 6.24. The summed E-state index contributed by atoms with van der Waals surface area (Å²) in [5.74, 6) is 1.45. The van der Waals surface area contributed by atoms with Crippen molar-refractivity contribution in [2.45, 2.75) is 25.4 Å². The molecule has 1 aromatic rings. The molecule has 0 radical (unpaired) electrons. The van der Waals surface area contributed by atoms with Crippen LogP contribution in [0.15, 0.2) is 12.1 Å². The van der Waals surface area contributed by atoms with Crippen LogP contribution in [0.25, 0.3) is 0 Å². The number of amides is 1. The SMILES string of the molecule is COc1ccc2c(n1)N(CCC1CO1)C(=O)CC2. The molecular weight excluding hydrogens is 232 g/mol. The minimum absolute atomic E-state index is 0.143. The third kappa shape index (κ3) is 2.18. The monoisotopic (exact) mass is 248 g/mol. The average molecular weight is 248 g/mol. The molecule has 1 aromatic heterocycles. The van der Waals surface area contributed by atoms with Gasteiger partial charge in [-0.1, -0.05) is 0 Å². The quantitative estimate of drug-likeness (QED) is 0.750. The molecule has 2 aliphatic rings. The van der Waals surface area contributed by atoms with Crippen LogP contribution in [0.5, 0.6) is 5.88 Å². The maximum absolute atomic E-state index is 12.0. The lowest BCUT2D eigenvalue weighted by Crippen LogP contribution is -2.37. The van der Waals surface area contributed by atoms with E-state index in [0.717, 1.165) is 30.8 Å². The number of carbonyl (C=O) groups excluding carboxylic acids is 1. The first-order chi connectivity index (χ1) is 8.78. The molecule has 0 saturated carbocycles. The van der Waals surface area contributed by atoms with Gasteiger partial charge in [-0.15, -0.1) is 0 Å². The fraction of sp³-hybridized carbons (Fsp3) is 0.538. The molecule has 0 aromatic carbocycles. The predicted octanol–water partition coefficient (Wildman–Crippen LogP) is 1.16. The summed E-state index contributed by atoms with van der Waals surface area (Å²) in [7, 11) is 1.59. The Labute approximate surface area is 106 Å². The van der Waals surface area contributed by atoms with Crippen LogP contribution in [0, 0.1) is 0 Å². The van der Waals surface area contributed by atoms with Crippen LogP contribution in [0.4, 0.5) is 5.82 Å². The van der Waals surface area contributed by atoms with Crippen molar-refractivity contribution in [1.82, 2.24) is 4.98 Å². The molecule has 5 nitrogen and oxygen atoms in total. The minimum atomic E-state index is 0.143. The zero-order chi connectivity index (χ0) is 12.5. The molecule has 0 bridgehead atoms. The molecule has 1 amide bonds. The van der Waals surface area contributed by atoms with Gasteiger partial charge in [0.2, 0.25) is 11.8 Å². The van der Waals surface area contributed by atoms with E-state index in [1.807, 2.05) is 12.1 Å².